The maximum atomic E-state index is 5.77. The smallest absolute Gasteiger partial charge is 0.0474 e. The van der Waals surface area contributed by atoms with Crippen molar-refractivity contribution in [1.82, 2.24) is 0 Å². The Morgan fingerprint density at radius 3 is 2.13 bits per heavy atom. The van der Waals surface area contributed by atoms with Crippen LogP contribution in [0.25, 0.3) is 0 Å². The van der Waals surface area contributed by atoms with Crippen LogP contribution in [0, 0.1) is 11.8 Å². The zero-order valence-electron chi connectivity index (χ0n) is 9.41. The van der Waals surface area contributed by atoms with E-state index in [1.54, 1.807) is 0 Å². The topological polar surface area (TPSA) is 3.24 Å². The van der Waals surface area contributed by atoms with Crippen LogP contribution in [0.5, 0.6) is 0 Å². The van der Waals surface area contributed by atoms with Gasteiger partial charge in [-0.1, -0.05) is 26.0 Å². The minimum Gasteiger partial charge on any atom is -0.371 e. The van der Waals surface area contributed by atoms with Gasteiger partial charge in [-0.05, 0) is 29.5 Å². The first kappa shape index (κ1) is 10.8. The maximum Gasteiger partial charge on any atom is 0.0474 e. The molecular formula is C13H18ClN. The van der Waals surface area contributed by atoms with E-state index in [0.29, 0.717) is 5.88 Å². The van der Waals surface area contributed by atoms with Gasteiger partial charge in [-0.15, -0.1) is 11.6 Å². The highest BCUT2D eigenvalue weighted by Gasteiger charge is 2.25. The molecule has 2 heteroatoms. The monoisotopic (exact) mass is 223 g/mol. The molecule has 2 unspecified atom stereocenters. The van der Waals surface area contributed by atoms with Gasteiger partial charge in [0, 0.05) is 24.7 Å². The molecular weight excluding hydrogens is 206 g/mol. The molecule has 15 heavy (non-hydrogen) atoms. The Balaban J connectivity index is 2.10. The molecule has 0 saturated carbocycles. The van der Waals surface area contributed by atoms with Crippen molar-refractivity contribution >= 4 is 17.3 Å². The van der Waals surface area contributed by atoms with Crippen molar-refractivity contribution in [3.8, 4) is 0 Å². The van der Waals surface area contributed by atoms with Gasteiger partial charge in [0.15, 0.2) is 0 Å². The lowest BCUT2D eigenvalue weighted by Gasteiger charge is -2.18. The highest BCUT2D eigenvalue weighted by Crippen LogP contribution is 2.27. The molecule has 2 atom stereocenters. The van der Waals surface area contributed by atoms with E-state index in [9.17, 15) is 0 Å². The predicted molar refractivity (Wildman–Crippen MR) is 66.5 cm³/mol. The van der Waals surface area contributed by atoms with E-state index in [4.69, 9.17) is 11.6 Å². The molecule has 1 saturated heterocycles. The molecule has 0 aromatic heterocycles. The molecule has 1 heterocycles. The summed E-state index contributed by atoms with van der Waals surface area (Å²) in [5.74, 6) is 2.21. The zero-order chi connectivity index (χ0) is 10.8. The molecule has 1 aromatic carbocycles. The fourth-order valence-electron chi connectivity index (χ4n) is 2.14. The van der Waals surface area contributed by atoms with Crippen LogP contribution in [0.1, 0.15) is 19.4 Å². The average Bonchev–Trinajstić information content (AvgIpc) is 2.59. The van der Waals surface area contributed by atoms with Gasteiger partial charge >= 0.3 is 0 Å². The average molecular weight is 224 g/mol. The number of halogens is 1. The molecule has 0 bridgehead atoms. The van der Waals surface area contributed by atoms with Gasteiger partial charge in [0.2, 0.25) is 0 Å². The van der Waals surface area contributed by atoms with E-state index in [-0.39, 0.29) is 0 Å². The summed E-state index contributed by atoms with van der Waals surface area (Å²) in [6.07, 6.45) is 0. The number of alkyl halides is 1. The third-order valence-corrected chi connectivity index (χ3v) is 3.75. The first-order valence-electron chi connectivity index (χ1n) is 5.60. The number of hydrogen-bond acceptors (Lipinski definition) is 1. The van der Waals surface area contributed by atoms with Gasteiger partial charge in [0.05, 0.1) is 0 Å². The SMILES string of the molecule is CC1CN(c2ccc(CCl)cc2)CC1C. The first-order chi connectivity index (χ1) is 7.20. The molecule has 0 amide bonds. The molecule has 1 nitrogen and oxygen atoms in total. The quantitative estimate of drug-likeness (QED) is 0.694. The van der Waals surface area contributed by atoms with Crippen LogP contribution in [-0.4, -0.2) is 13.1 Å². The predicted octanol–water partition coefficient (Wildman–Crippen LogP) is 3.52. The summed E-state index contributed by atoms with van der Waals surface area (Å²) >= 11 is 5.77. The summed E-state index contributed by atoms with van der Waals surface area (Å²) in [5, 5.41) is 0. The van der Waals surface area contributed by atoms with Gasteiger partial charge in [0.25, 0.3) is 0 Å². The van der Waals surface area contributed by atoms with E-state index in [2.05, 4.69) is 43.0 Å². The number of nitrogens with zero attached hydrogens (tertiary/aromatic N) is 1. The molecule has 1 aromatic rings. The highest BCUT2D eigenvalue weighted by molar-refractivity contribution is 6.17. The van der Waals surface area contributed by atoms with Crippen molar-refractivity contribution < 1.29 is 0 Å². The summed E-state index contributed by atoms with van der Waals surface area (Å²) in [6.45, 7) is 7.03. The van der Waals surface area contributed by atoms with Crippen molar-refractivity contribution in [2.45, 2.75) is 19.7 Å². The third kappa shape index (κ3) is 2.28. The Kier molecular flexibility index (Phi) is 3.20. The Hall–Kier alpha value is -0.690. The summed E-state index contributed by atoms with van der Waals surface area (Å²) in [7, 11) is 0. The summed E-state index contributed by atoms with van der Waals surface area (Å²) in [4.78, 5) is 2.47. The summed E-state index contributed by atoms with van der Waals surface area (Å²) < 4.78 is 0. The fraction of sp³-hybridized carbons (Fsp3) is 0.538. The largest absolute Gasteiger partial charge is 0.371 e. The van der Waals surface area contributed by atoms with Crippen LogP contribution >= 0.6 is 11.6 Å². The first-order valence-corrected chi connectivity index (χ1v) is 6.14. The Labute approximate surface area is 97.0 Å². The number of hydrogen-bond donors (Lipinski definition) is 0. The van der Waals surface area contributed by atoms with E-state index >= 15 is 0 Å². The minimum atomic E-state index is 0.604. The number of anilines is 1. The molecule has 0 spiro atoms. The second-order valence-electron chi connectivity index (χ2n) is 4.66. The summed E-state index contributed by atoms with van der Waals surface area (Å²) in [6, 6.07) is 8.61. The van der Waals surface area contributed by atoms with Crippen LogP contribution in [0.15, 0.2) is 24.3 Å². The second kappa shape index (κ2) is 4.44. The molecule has 0 aliphatic carbocycles. The van der Waals surface area contributed by atoms with E-state index < -0.39 is 0 Å². The Morgan fingerprint density at radius 2 is 1.67 bits per heavy atom. The van der Waals surface area contributed by atoms with E-state index in [0.717, 1.165) is 11.8 Å². The van der Waals surface area contributed by atoms with Gasteiger partial charge in [0.1, 0.15) is 0 Å². The molecule has 0 N–H and O–H groups in total. The maximum absolute atomic E-state index is 5.77. The van der Waals surface area contributed by atoms with Crippen LogP contribution in [-0.2, 0) is 5.88 Å². The standard InChI is InChI=1S/C13H18ClN/c1-10-8-15(9-11(10)2)13-5-3-12(7-14)4-6-13/h3-6,10-11H,7-9H2,1-2H3. The fourth-order valence-corrected chi connectivity index (χ4v) is 2.31. The molecule has 0 radical (unpaired) electrons. The minimum absolute atomic E-state index is 0.604. The number of benzene rings is 1. The zero-order valence-corrected chi connectivity index (χ0v) is 10.2. The van der Waals surface area contributed by atoms with Crippen molar-refractivity contribution in [2.24, 2.45) is 11.8 Å². The third-order valence-electron chi connectivity index (χ3n) is 3.44. The van der Waals surface area contributed by atoms with Crippen LogP contribution in [0.3, 0.4) is 0 Å². The molecule has 1 aliphatic heterocycles. The van der Waals surface area contributed by atoms with E-state index in [1.807, 2.05) is 0 Å². The van der Waals surface area contributed by atoms with Crippen molar-refractivity contribution in [3.63, 3.8) is 0 Å². The lowest BCUT2D eigenvalue weighted by Crippen LogP contribution is -2.19. The highest BCUT2D eigenvalue weighted by atomic mass is 35.5. The lowest BCUT2D eigenvalue weighted by molar-refractivity contribution is 0.494. The molecule has 2 rings (SSSR count). The van der Waals surface area contributed by atoms with Crippen LogP contribution in [0.4, 0.5) is 5.69 Å². The van der Waals surface area contributed by atoms with Gasteiger partial charge in [-0.3, -0.25) is 0 Å². The Morgan fingerprint density at radius 1 is 1.13 bits per heavy atom. The van der Waals surface area contributed by atoms with Crippen molar-refractivity contribution in [3.05, 3.63) is 29.8 Å². The van der Waals surface area contributed by atoms with Gasteiger partial charge < -0.3 is 4.90 Å². The normalized spacial score (nSPS) is 25.9. The van der Waals surface area contributed by atoms with Gasteiger partial charge in [-0.25, -0.2) is 0 Å². The second-order valence-corrected chi connectivity index (χ2v) is 4.93. The van der Waals surface area contributed by atoms with Crippen molar-refractivity contribution in [2.75, 3.05) is 18.0 Å². The molecule has 1 aliphatic rings. The van der Waals surface area contributed by atoms with Crippen molar-refractivity contribution in [1.29, 1.82) is 0 Å². The van der Waals surface area contributed by atoms with Crippen LogP contribution in [0.2, 0.25) is 0 Å². The summed E-state index contributed by atoms with van der Waals surface area (Å²) in [5.41, 5.74) is 2.53. The molecule has 82 valence electrons. The van der Waals surface area contributed by atoms with Crippen LogP contribution < -0.4 is 4.90 Å². The lowest BCUT2D eigenvalue weighted by atomic mass is 10.0. The van der Waals surface area contributed by atoms with Gasteiger partial charge in [-0.2, -0.15) is 0 Å². The van der Waals surface area contributed by atoms with E-state index in [1.165, 1.54) is 24.3 Å². The molecule has 1 fully saturated rings. The Bertz CT molecular complexity index is 310. The number of rotatable bonds is 2.